The maximum atomic E-state index is 4.42. The summed E-state index contributed by atoms with van der Waals surface area (Å²) in [6, 6.07) is 0. The first-order chi connectivity index (χ1) is 1.91. The van der Waals surface area contributed by atoms with E-state index in [1.165, 1.54) is 0 Å². The molecule has 0 nitrogen and oxygen atoms in total. The van der Waals surface area contributed by atoms with Gasteiger partial charge in [-0.25, -0.2) is 0 Å². The number of alkyl halides is 1. The van der Waals surface area contributed by atoms with Crippen molar-refractivity contribution >= 4 is 40.2 Å². The quantitative estimate of drug-likeness (QED) is 0.339. The zero-order chi connectivity index (χ0) is 3.41. The standard InChI is InChI=1S/C2H3IS/c3-1-2-4/h2H,1H2. The van der Waals surface area contributed by atoms with Crippen LogP contribution in [0.5, 0.6) is 0 Å². The highest BCUT2D eigenvalue weighted by Crippen LogP contribution is 1.70. The number of halogens is 1. The molecule has 0 unspecified atom stereocenters. The van der Waals surface area contributed by atoms with Crippen molar-refractivity contribution in [2.45, 2.75) is 0 Å². The molecule has 24 valence electrons. The van der Waals surface area contributed by atoms with Crippen molar-refractivity contribution in [1.82, 2.24) is 0 Å². The van der Waals surface area contributed by atoms with Gasteiger partial charge in [0.15, 0.2) is 0 Å². The largest absolute Gasteiger partial charge is 0.0926 e. The lowest BCUT2D eigenvalue weighted by molar-refractivity contribution is 2.29. The van der Waals surface area contributed by atoms with Crippen LogP contribution in [0.1, 0.15) is 0 Å². The van der Waals surface area contributed by atoms with Crippen LogP contribution in [-0.2, 0) is 0 Å². The van der Waals surface area contributed by atoms with Crippen LogP contribution in [0, 0.1) is 0 Å². The third kappa shape index (κ3) is 2.82. The highest BCUT2D eigenvalue weighted by molar-refractivity contribution is 14.1. The Balaban J connectivity index is 2.30. The molecular weight excluding hydrogens is 183 g/mol. The predicted molar refractivity (Wildman–Crippen MR) is 32.5 cm³/mol. The Morgan fingerprint density at radius 2 is 2.25 bits per heavy atom. The van der Waals surface area contributed by atoms with Crippen LogP contribution in [-0.4, -0.2) is 9.80 Å². The Labute approximate surface area is 44.7 Å². The molecule has 0 fully saturated rings. The molecule has 0 aliphatic rings. The second kappa shape index (κ2) is 3.82. The summed E-state index contributed by atoms with van der Waals surface area (Å²) in [4.78, 5) is 0. The summed E-state index contributed by atoms with van der Waals surface area (Å²) in [5.41, 5.74) is 0. The van der Waals surface area contributed by atoms with Gasteiger partial charge in [0.05, 0.1) is 0 Å². The minimum atomic E-state index is 0.979. The number of thiocarbonyl (C=S) groups is 1. The van der Waals surface area contributed by atoms with Gasteiger partial charge in [-0.2, -0.15) is 0 Å². The molecule has 4 heavy (non-hydrogen) atoms. The fraction of sp³-hybridized carbons (Fsp3) is 0.500. The maximum Gasteiger partial charge on any atom is 0.0280 e. The molecule has 0 heterocycles. The molecule has 0 rings (SSSR count). The van der Waals surface area contributed by atoms with E-state index in [0.717, 1.165) is 4.43 Å². The van der Waals surface area contributed by atoms with Gasteiger partial charge in [-0.05, 0) is 5.37 Å². The lowest BCUT2D eigenvalue weighted by atomic mass is 11.0. The fourth-order valence-electron chi connectivity index (χ4n) is 0. The van der Waals surface area contributed by atoms with Crippen molar-refractivity contribution in [3.63, 3.8) is 0 Å². The van der Waals surface area contributed by atoms with Gasteiger partial charge < -0.3 is 0 Å². The van der Waals surface area contributed by atoms with Crippen LogP contribution < -0.4 is 0 Å². The van der Waals surface area contributed by atoms with Gasteiger partial charge in [0.1, 0.15) is 0 Å². The van der Waals surface area contributed by atoms with Gasteiger partial charge in [0.25, 0.3) is 0 Å². The Hall–Kier alpha value is 0.820. The molecule has 0 atom stereocenters. The molecule has 2 heteroatoms. The van der Waals surface area contributed by atoms with Gasteiger partial charge in [-0.15, -0.1) is 0 Å². The van der Waals surface area contributed by atoms with Crippen LogP contribution in [0.2, 0.25) is 0 Å². The van der Waals surface area contributed by atoms with E-state index in [-0.39, 0.29) is 0 Å². The summed E-state index contributed by atoms with van der Waals surface area (Å²) in [5, 5.41) is 1.70. The van der Waals surface area contributed by atoms with Crippen molar-refractivity contribution in [3.8, 4) is 0 Å². The first-order valence-electron chi connectivity index (χ1n) is 0.911. The highest BCUT2D eigenvalue weighted by atomic mass is 127. The number of rotatable bonds is 1. The van der Waals surface area contributed by atoms with E-state index in [4.69, 9.17) is 0 Å². The van der Waals surface area contributed by atoms with Crippen molar-refractivity contribution in [2.75, 3.05) is 4.43 Å². The Morgan fingerprint density at radius 3 is 2.25 bits per heavy atom. The Bertz CT molecular complexity index is 20.0. The summed E-state index contributed by atoms with van der Waals surface area (Å²) in [6.45, 7) is 0. The van der Waals surface area contributed by atoms with Crippen molar-refractivity contribution in [1.29, 1.82) is 0 Å². The van der Waals surface area contributed by atoms with Crippen LogP contribution in [0.25, 0.3) is 0 Å². The second-order valence-electron chi connectivity index (χ2n) is 0.321. The monoisotopic (exact) mass is 186 g/mol. The van der Waals surface area contributed by atoms with E-state index in [9.17, 15) is 0 Å². The van der Waals surface area contributed by atoms with Crippen molar-refractivity contribution in [2.24, 2.45) is 0 Å². The van der Waals surface area contributed by atoms with Crippen LogP contribution in [0.4, 0.5) is 0 Å². The van der Waals surface area contributed by atoms with Crippen LogP contribution in [0.3, 0.4) is 0 Å². The topological polar surface area (TPSA) is 0 Å². The lowest BCUT2D eigenvalue weighted by Crippen LogP contribution is -1.56. The summed E-state index contributed by atoms with van der Waals surface area (Å²) in [7, 11) is 0. The number of hydrogen-bond donors (Lipinski definition) is 0. The van der Waals surface area contributed by atoms with E-state index >= 15 is 0 Å². The molecule has 0 aliphatic carbocycles. The first kappa shape index (κ1) is 4.82. The SMILES string of the molecule is S=CCI. The molecule has 0 amide bonds. The predicted octanol–water partition coefficient (Wildman–Crippen LogP) is 1.42. The molecular formula is C2H3IS. The van der Waals surface area contributed by atoms with E-state index in [0.29, 0.717) is 0 Å². The third-order valence-corrected chi connectivity index (χ3v) is 1.27. The zero-order valence-corrected chi connectivity index (χ0v) is 5.04. The maximum absolute atomic E-state index is 4.42. The fourth-order valence-corrected chi connectivity index (χ4v) is 0. The lowest BCUT2D eigenvalue weighted by Gasteiger charge is -1.52. The molecule has 0 aromatic heterocycles. The van der Waals surface area contributed by atoms with E-state index < -0.39 is 0 Å². The van der Waals surface area contributed by atoms with Gasteiger partial charge in [0, 0.05) is 4.43 Å². The van der Waals surface area contributed by atoms with Crippen LogP contribution >= 0.6 is 34.8 Å². The Kier molecular flexibility index (Phi) is 4.60. The minimum absolute atomic E-state index is 0.979. The molecule has 0 bridgehead atoms. The van der Waals surface area contributed by atoms with Gasteiger partial charge in [0.2, 0.25) is 0 Å². The second-order valence-corrected chi connectivity index (χ2v) is 1.54. The molecule has 0 N–H and O–H groups in total. The summed E-state index contributed by atoms with van der Waals surface area (Å²) >= 11 is 6.61. The van der Waals surface area contributed by atoms with E-state index in [1.807, 2.05) is 0 Å². The van der Waals surface area contributed by atoms with E-state index in [2.05, 4.69) is 34.8 Å². The molecule has 0 saturated carbocycles. The average molecular weight is 186 g/mol. The third-order valence-electron chi connectivity index (χ3n) is 0.0630. The highest BCUT2D eigenvalue weighted by Gasteiger charge is 1.50. The molecule has 0 spiro atoms. The Morgan fingerprint density at radius 1 is 2.00 bits per heavy atom. The van der Waals surface area contributed by atoms with Gasteiger partial charge in [-0.3, -0.25) is 0 Å². The summed E-state index contributed by atoms with van der Waals surface area (Å²) in [6.07, 6.45) is 0. The molecule has 0 radical (unpaired) electrons. The smallest absolute Gasteiger partial charge is 0.0280 e. The minimum Gasteiger partial charge on any atom is -0.0926 e. The normalized spacial score (nSPS) is 6.25. The molecule has 0 aromatic carbocycles. The van der Waals surface area contributed by atoms with Crippen LogP contribution in [0.15, 0.2) is 0 Å². The van der Waals surface area contributed by atoms with E-state index in [1.54, 1.807) is 5.37 Å². The number of hydrogen-bond acceptors (Lipinski definition) is 1. The molecule has 0 aromatic rings. The van der Waals surface area contributed by atoms with Crippen molar-refractivity contribution < 1.29 is 0 Å². The summed E-state index contributed by atoms with van der Waals surface area (Å²) in [5.74, 6) is 0. The van der Waals surface area contributed by atoms with Gasteiger partial charge >= 0.3 is 0 Å². The molecule has 0 aliphatic heterocycles. The van der Waals surface area contributed by atoms with Crippen molar-refractivity contribution in [3.05, 3.63) is 0 Å². The summed E-state index contributed by atoms with van der Waals surface area (Å²) < 4.78 is 0.979. The molecule has 0 saturated heterocycles. The van der Waals surface area contributed by atoms with Gasteiger partial charge in [-0.1, -0.05) is 34.8 Å². The zero-order valence-electron chi connectivity index (χ0n) is 2.07. The average Bonchev–Trinajstić information content (AvgIpc) is 1.37. The first-order valence-corrected chi connectivity index (χ1v) is 2.91.